The molecule has 0 atom stereocenters. The van der Waals surface area contributed by atoms with Gasteiger partial charge in [-0.1, -0.05) is 23.7 Å². The van der Waals surface area contributed by atoms with Crippen molar-refractivity contribution in [2.45, 2.75) is 12.9 Å². The van der Waals surface area contributed by atoms with Crippen LogP contribution in [0, 0.1) is 0 Å². The number of rotatable bonds is 5. The number of nitrogens with zero attached hydrogens (tertiary/aromatic N) is 3. The highest BCUT2D eigenvalue weighted by Gasteiger charge is 2.31. The minimum atomic E-state index is -4.82. The molecule has 0 bridgehead atoms. The Morgan fingerprint density at radius 3 is 2.38 bits per heavy atom. The molecule has 32 heavy (non-hydrogen) atoms. The summed E-state index contributed by atoms with van der Waals surface area (Å²) in [6.45, 7) is 0.134. The minimum Gasteiger partial charge on any atom is -0.493 e. The summed E-state index contributed by atoms with van der Waals surface area (Å²) >= 11 is 5.95. The number of ether oxygens (including phenoxy) is 1. The first-order valence-corrected chi connectivity index (χ1v) is 9.65. The average molecular weight is 462 g/mol. The molecule has 0 saturated heterocycles. The molecule has 0 fully saturated rings. The molecule has 0 unspecified atom stereocenters. The number of alkyl halides is 3. The third-order valence-electron chi connectivity index (χ3n) is 4.67. The second kappa shape index (κ2) is 8.43. The van der Waals surface area contributed by atoms with Crippen molar-refractivity contribution in [2.75, 3.05) is 0 Å². The van der Waals surface area contributed by atoms with Crippen molar-refractivity contribution in [3.63, 3.8) is 0 Å². The molecule has 6 nitrogen and oxygen atoms in total. The Balaban J connectivity index is 1.65. The number of imidazole rings is 1. The fourth-order valence-electron chi connectivity index (χ4n) is 3.27. The highest BCUT2D eigenvalue weighted by molar-refractivity contribution is 6.30. The van der Waals surface area contributed by atoms with E-state index in [1.165, 1.54) is 22.9 Å². The Bertz CT molecular complexity index is 1300. The van der Waals surface area contributed by atoms with Gasteiger partial charge in [0, 0.05) is 23.0 Å². The summed E-state index contributed by atoms with van der Waals surface area (Å²) in [5, 5.41) is 10.9. The Hall–Kier alpha value is -3.72. The maximum Gasteiger partial charge on any atom is 0.573 e. The van der Waals surface area contributed by atoms with Crippen molar-refractivity contribution in [2.24, 2.45) is 0 Å². The number of benzene rings is 2. The van der Waals surface area contributed by atoms with Gasteiger partial charge in [-0.15, -0.1) is 13.2 Å². The van der Waals surface area contributed by atoms with Gasteiger partial charge in [0.2, 0.25) is 5.88 Å². The Morgan fingerprint density at radius 1 is 1.03 bits per heavy atom. The molecule has 0 saturated carbocycles. The van der Waals surface area contributed by atoms with Crippen LogP contribution < -0.4 is 10.4 Å². The topological polar surface area (TPSA) is 69.3 Å². The van der Waals surface area contributed by atoms with Crippen molar-refractivity contribution in [3.05, 3.63) is 94.3 Å². The molecule has 4 aromatic rings. The maximum absolute atomic E-state index is 12.9. The summed E-state index contributed by atoms with van der Waals surface area (Å²) in [6, 6.07) is 13.5. The molecule has 0 spiro atoms. The zero-order chi connectivity index (χ0) is 22.9. The van der Waals surface area contributed by atoms with Crippen LogP contribution >= 0.6 is 11.6 Å². The summed E-state index contributed by atoms with van der Waals surface area (Å²) in [5.41, 5.74) is 2.04. The number of aromatic hydroxyl groups is 1. The molecule has 4 rings (SSSR count). The van der Waals surface area contributed by atoms with Crippen LogP contribution in [0.2, 0.25) is 5.02 Å². The first kappa shape index (κ1) is 21.5. The normalized spacial score (nSPS) is 11.5. The number of aromatic nitrogens is 3. The number of pyridine rings is 1. The lowest BCUT2D eigenvalue weighted by Crippen LogP contribution is -2.23. The van der Waals surface area contributed by atoms with Crippen LogP contribution in [0.4, 0.5) is 13.2 Å². The van der Waals surface area contributed by atoms with Crippen molar-refractivity contribution < 1.29 is 23.0 Å². The lowest BCUT2D eigenvalue weighted by Gasteiger charge is -2.10. The molecule has 0 radical (unpaired) electrons. The fourth-order valence-corrected chi connectivity index (χ4v) is 3.39. The third kappa shape index (κ3) is 4.62. The molecular formula is C22H15ClF3N3O3. The second-order valence-electron chi connectivity index (χ2n) is 6.81. The highest BCUT2D eigenvalue weighted by Crippen LogP contribution is 2.27. The predicted molar refractivity (Wildman–Crippen MR) is 112 cm³/mol. The van der Waals surface area contributed by atoms with Gasteiger partial charge >= 0.3 is 12.1 Å². The van der Waals surface area contributed by atoms with E-state index in [1.807, 2.05) is 12.1 Å². The van der Waals surface area contributed by atoms with Crippen LogP contribution in [0.15, 0.2) is 78.0 Å². The highest BCUT2D eigenvalue weighted by atomic mass is 35.5. The van der Waals surface area contributed by atoms with E-state index in [-0.39, 0.29) is 18.1 Å². The summed E-state index contributed by atoms with van der Waals surface area (Å²) < 4.78 is 43.2. The molecule has 2 aromatic carbocycles. The summed E-state index contributed by atoms with van der Waals surface area (Å²) in [5.74, 6) is -0.792. The van der Waals surface area contributed by atoms with Gasteiger partial charge in [0.15, 0.2) is 0 Å². The molecular weight excluding hydrogens is 447 g/mol. The molecule has 0 amide bonds. The van der Waals surface area contributed by atoms with E-state index in [2.05, 4.69) is 9.72 Å². The van der Waals surface area contributed by atoms with E-state index in [4.69, 9.17) is 11.6 Å². The molecule has 2 aromatic heterocycles. The summed E-state index contributed by atoms with van der Waals surface area (Å²) in [7, 11) is 0. The van der Waals surface area contributed by atoms with Gasteiger partial charge < -0.3 is 9.84 Å². The monoisotopic (exact) mass is 461 g/mol. The van der Waals surface area contributed by atoms with Crippen molar-refractivity contribution in [1.29, 1.82) is 0 Å². The van der Waals surface area contributed by atoms with Gasteiger partial charge in [0.1, 0.15) is 5.75 Å². The fraction of sp³-hybridized carbons (Fsp3) is 0.0909. The quantitative estimate of drug-likeness (QED) is 0.454. The lowest BCUT2D eigenvalue weighted by atomic mass is 10.0. The Labute approximate surface area is 184 Å². The van der Waals surface area contributed by atoms with Gasteiger partial charge in [-0.3, -0.25) is 9.55 Å². The van der Waals surface area contributed by atoms with E-state index in [9.17, 15) is 23.1 Å². The zero-order valence-corrected chi connectivity index (χ0v) is 17.0. The molecule has 2 heterocycles. The van der Waals surface area contributed by atoms with Crippen LogP contribution in [-0.4, -0.2) is 25.6 Å². The van der Waals surface area contributed by atoms with Gasteiger partial charge in [0.05, 0.1) is 18.4 Å². The largest absolute Gasteiger partial charge is 0.573 e. The van der Waals surface area contributed by atoms with Crippen LogP contribution in [-0.2, 0) is 6.54 Å². The number of halogens is 4. The van der Waals surface area contributed by atoms with Crippen LogP contribution in [0.5, 0.6) is 11.6 Å². The van der Waals surface area contributed by atoms with Gasteiger partial charge in [0.25, 0.3) is 0 Å². The minimum absolute atomic E-state index is 0.134. The van der Waals surface area contributed by atoms with Crippen molar-refractivity contribution in [1.82, 2.24) is 14.1 Å². The van der Waals surface area contributed by atoms with E-state index < -0.39 is 17.8 Å². The number of hydrogen-bond acceptors (Lipinski definition) is 4. The van der Waals surface area contributed by atoms with E-state index in [0.29, 0.717) is 5.02 Å². The van der Waals surface area contributed by atoms with E-state index in [1.54, 1.807) is 30.6 Å². The predicted octanol–water partition coefficient (Wildman–Crippen LogP) is 5.01. The van der Waals surface area contributed by atoms with E-state index >= 15 is 0 Å². The SMILES string of the molecule is O=c1n(Cc2ccncc2-c2ccc(Cl)cc2)cc(O)n1-c1ccc(OC(F)(F)F)cc1. The Morgan fingerprint density at radius 2 is 1.72 bits per heavy atom. The maximum atomic E-state index is 12.9. The smallest absolute Gasteiger partial charge is 0.493 e. The second-order valence-corrected chi connectivity index (χ2v) is 7.25. The summed E-state index contributed by atoms with van der Waals surface area (Å²) in [4.78, 5) is 17.1. The van der Waals surface area contributed by atoms with Crippen LogP contribution in [0.3, 0.4) is 0 Å². The molecule has 0 aliphatic heterocycles. The summed E-state index contributed by atoms with van der Waals surface area (Å²) in [6.07, 6.45) is -0.305. The molecule has 0 aliphatic rings. The standard InChI is InChI=1S/C22H15ClF3N3O3/c23-16-3-1-14(2-4-16)19-11-27-10-9-15(19)12-28-13-20(30)29(21(28)31)17-5-7-18(8-6-17)32-22(24,25)26/h1-11,13,30H,12H2. The first-order chi connectivity index (χ1) is 15.2. The third-order valence-corrected chi connectivity index (χ3v) is 4.93. The van der Waals surface area contributed by atoms with E-state index in [0.717, 1.165) is 33.4 Å². The first-order valence-electron chi connectivity index (χ1n) is 9.27. The molecule has 1 N–H and O–H groups in total. The lowest BCUT2D eigenvalue weighted by molar-refractivity contribution is -0.274. The van der Waals surface area contributed by atoms with Gasteiger partial charge in [-0.2, -0.15) is 0 Å². The van der Waals surface area contributed by atoms with Crippen LogP contribution in [0.1, 0.15) is 5.56 Å². The van der Waals surface area contributed by atoms with Crippen LogP contribution in [0.25, 0.3) is 16.8 Å². The molecule has 10 heteroatoms. The van der Waals surface area contributed by atoms with Gasteiger partial charge in [-0.25, -0.2) is 9.36 Å². The van der Waals surface area contributed by atoms with Gasteiger partial charge in [-0.05, 0) is 53.6 Å². The van der Waals surface area contributed by atoms with Crippen molar-refractivity contribution in [3.8, 4) is 28.4 Å². The molecule has 164 valence electrons. The molecule has 0 aliphatic carbocycles. The average Bonchev–Trinajstić information content (AvgIpc) is 3.02. The zero-order valence-electron chi connectivity index (χ0n) is 16.3. The van der Waals surface area contributed by atoms with Crippen molar-refractivity contribution >= 4 is 11.6 Å². The Kier molecular flexibility index (Phi) is 5.67. The number of hydrogen-bond donors (Lipinski definition) is 1.